The van der Waals surface area contributed by atoms with E-state index >= 15 is 0 Å². The minimum atomic E-state index is -0.550. The smallest absolute Gasteiger partial charge is 0.338 e. The van der Waals surface area contributed by atoms with E-state index in [1.807, 2.05) is 12.1 Å². The van der Waals surface area contributed by atoms with E-state index in [4.69, 9.17) is 9.47 Å². The maximum absolute atomic E-state index is 12.3. The molecule has 1 aliphatic heterocycles. The normalized spacial score (nSPS) is 17.9. The lowest BCUT2D eigenvalue weighted by Gasteiger charge is -2.28. The third-order valence-electron chi connectivity index (χ3n) is 3.28. The molecule has 0 saturated carbocycles. The molecule has 2 N–H and O–H groups in total. The fourth-order valence-electron chi connectivity index (χ4n) is 2.29. The number of carbonyl (C=O) groups excluding carboxylic acids is 2. The second kappa shape index (κ2) is 6.51. The van der Waals surface area contributed by atoms with Crippen molar-refractivity contribution in [3.63, 3.8) is 0 Å². The number of urea groups is 1. The van der Waals surface area contributed by atoms with Crippen LogP contribution >= 0.6 is 0 Å². The van der Waals surface area contributed by atoms with Crippen LogP contribution in [-0.4, -0.2) is 25.2 Å². The predicted molar refractivity (Wildman–Crippen MR) is 81.3 cm³/mol. The van der Waals surface area contributed by atoms with Crippen LogP contribution in [0.3, 0.4) is 0 Å². The highest BCUT2D eigenvalue weighted by molar-refractivity contribution is 5.95. The Hall–Kier alpha value is -2.50. The maximum Gasteiger partial charge on any atom is 0.338 e. The molecule has 1 aromatic rings. The molecule has 1 heterocycles. The third kappa shape index (κ3) is 3.39. The number of nitrogens with one attached hydrogen (secondary N) is 2. The van der Waals surface area contributed by atoms with Gasteiger partial charge in [0.1, 0.15) is 5.75 Å². The highest BCUT2D eigenvalue weighted by atomic mass is 16.5. The summed E-state index contributed by atoms with van der Waals surface area (Å²) >= 11 is 0. The number of amides is 2. The molecule has 2 amide bonds. The molecule has 0 radical (unpaired) electrons. The van der Waals surface area contributed by atoms with Crippen molar-refractivity contribution >= 4 is 12.0 Å². The van der Waals surface area contributed by atoms with Gasteiger partial charge in [0.05, 0.1) is 24.8 Å². The molecule has 1 atom stereocenters. The van der Waals surface area contributed by atoms with Crippen LogP contribution in [0.2, 0.25) is 0 Å². The summed E-state index contributed by atoms with van der Waals surface area (Å²) in [7, 11) is 1.58. The highest BCUT2D eigenvalue weighted by Gasteiger charge is 2.32. The average Bonchev–Trinajstić information content (AvgIpc) is 2.45. The first-order valence-electron chi connectivity index (χ1n) is 7.05. The van der Waals surface area contributed by atoms with Gasteiger partial charge in [0.25, 0.3) is 0 Å². The third-order valence-corrected chi connectivity index (χ3v) is 3.28. The summed E-state index contributed by atoms with van der Waals surface area (Å²) in [5, 5.41) is 5.37. The van der Waals surface area contributed by atoms with Crippen LogP contribution in [0.1, 0.15) is 32.4 Å². The number of esters is 1. The van der Waals surface area contributed by atoms with E-state index in [2.05, 4.69) is 10.6 Å². The van der Waals surface area contributed by atoms with Gasteiger partial charge >= 0.3 is 12.0 Å². The SMILES string of the molecule is COc1ccc([C@@H]2NC(=O)NC(C)=C2C(=O)OC(C)C)cc1. The molecule has 0 unspecified atom stereocenters. The summed E-state index contributed by atoms with van der Waals surface area (Å²) in [5.41, 5.74) is 1.68. The Morgan fingerprint density at radius 1 is 1.23 bits per heavy atom. The van der Waals surface area contributed by atoms with Crippen molar-refractivity contribution in [2.24, 2.45) is 0 Å². The number of hydrogen-bond acceptors (Lipinski definition) is 4. The molecule has 1 aromatic carbocycles. The summed E-state index contributed by atoms with van der Waals surface area (Å²) < 4.78 is 10.4. The number of hydrogen-bond donors (Lipinski definition) is 2. The van der Waals surface area contributed by atoms with Crippen LogP contribution in [-0.2, 0) is 9.53 Å². The molecule has 6 heteroatoms. The van der Waals surface area contributed by atoms with E-state index in [0.29, 0.717) is 17.0 Å². The molecule has 0 bridgehead atoms. The molecular weight excluding hydrogens is 284 g/mol. The minimum absolute atomic E-state index is 0.234. The van der Waals surface area contributed by atoms with Crippen LogP contribution < -0.4 is 15.4 Å². The van der Waals surface area contributed by atoms with Gasteiger partial charge in [0.15, 0.2) is 0 Å². The number of allylic oxidation sites excluding steroid dienone is 1. The van der Waals surface area contributed by atoms with Crippen LogP contribution in [0, 0.1) is 0 Å². The van der Waals surface area contributed by atoms with Gasteiger partial charge in [-0.1, -0.05) is 12.1 Å². The van der Waals surface area contributed by atoms with Crippen LogP contribution in [0.4, 0.5) is 4.79 Å². The van der Waals surface area contributed by atoms with Gasteiger partial charge in [-0.05, 0) is 38.5 Å². The quantitative estimate of drug-likeness (QED) is 0.837. The van der Waals surface area contributed by atoms with Gasteiger partial charge in [-0.2, -0.15) is 0 Å². The van der Waals surface area contributed by atoms with Gasteiger partial charge in [-0.25, -0.2) is 9.59 Å². The average molecular weight is 304 g/mol. The number of benzene rings is 1. The lowest BCUT2D eigenvalue weighted by molar-refractivity contribution is -0.143. The Morgan fingerprint density at radius 2 is 1.86 bits per heavy atom. The molecule has 6 nitrogen and oxygen atoms in total. The number of rotatable bonds is 4. The Balaban J connectivity index is 2.38. The largest absolute Gasteiger partial charge is 0.497 e. The van der Waals surface area contributed by atoms with E-state index in [-0.39, 0.29) is 12.1 Å². The lowest BCUT2D eigenvalue weighted by Crippen LogP contribution is -2.45. The summed E-state index contributed by atoms with van der Waals surface area (Å²) in [6.07, 6.45) is -0.234. The molecule has 0 spiro atoms. The van der Waals surface area contributed by atoms with Crippen molar-refractivity contribution in [1.82, 2.24) is 10.6 Å². The summed E-state index contributed by atoms with van der Waals surface area (Å²) in [4.78, 5) is 24.1. The number of ether oxygens (including phenoxy) is 2. The van der Waals surface area contributed by atoms with Crippen molar-refractivity contribution in [3.05, 3.63) is 41.1 Å². The van der Waals surface area contributed by atoms with Crippen molar-refractivity contribution in [2.45, 2.75) is 32.9 Å². The first-order valence-corrected chi connectivity index (χ1v) is 7.05. The zero-order valence-electron chi connectivity index (χ0n) is 13.1. The Bertz CT molecular complexity index is 605. The Labute approximate surface area is 129 Å². The van der Waals surface area contributed by atoms with E-state index < -0.39 is 12.0 Å². The van der Waals surface area contributed by atoms with Gasteiger partial charge in [0, 0.05) is 5.70 Å². The van der Waals surface area contributed by atoms with E-state index in [0.717, 1.165) is 5.56 Å². The predicted octanol–water partition coefficient (Wildman–Crippen LogP) is 2.27. The molecule has 0 aromatic heterocycles. The fourth-order valence-corrected chi connectivity index (χ4v) is 2.29. The van der Waals surface area contributed by atoms with E-state index in [9.17, 15) is 9.59 Å². The zero-order chi connectivity index (χ0) is 16.3. The zero-order valence-corrected chi connectivity index (χ0v) is 13.1. The Kier molecular flexibility index (Phi) is 4.70. The van der Waals surface area contributed by atoms with E-state index in [1.54, 1.807) is 40.0 Å². The second-order valence-electron chi connectivity index (χ2n) is 5.30. The molecule has 2 rings (SSSR count). The van der Waals surface area contributed by atoms with Crippen molar-refractivity contribution in [3.8, 4) is 5.75 Å². The summed E-state index contributed by atoms with van der Waals surface area (Å²) in [6.45, 7) is 5.25. The molecular formula is C16H20N2O4. The molecule has 1 aliphatic rings. The number of methoxy groups -OCH3 is 1. The Morgan fingerprint density at radius 3 is 2.41 bits per heavy atom. The minimum Gasteiger partial charge on any atom is -0.497 e. The van der Waals surface area contributed by atoms with Gasteiger partial charge in [-0.3, -0.25) is 0 Å². The standard InChI is InChI=1S/C16H20N2O4/c1-9(2)22-15(19)13-10(3)17-16(20)18-14(13)11-5-7-12(21-4)8-6-11/h5-9,14H,1-4H3,(H2,17,18,20)/t14-/m0/s1. The molecule has 0 aliphatic carbocycles. The molecule has 22 heavy (non-hydrogen) atoms. The van der Waals surface area contributed by atoms with E-state index in [1.165, 1.54) is 0 Å². The van der Waals surface area contributed by atoms with Crippen LogP contribution in [0.25, 0.3) is 0 Å². The van der Waals surface area contributed by atoms with Crippen molar-refractivity contribution in [2.75, 3.05) is 7.11 Å². The van der Waals surface area contributed by atoms with Gasteiger partial charge in [0.2, 0.25) is 0 Å². The summed E-state index contributed by atoms with van der Waals surface area (Å²) in [6, 6.07) is 6.29. The molecule has 0 fully saturated rings. The number of carbonyl (C=O) groups is 2. The van der Waals surface area contributed by atoms with Gasteiger partial charge < -0.3 is 20.1 Å². The fraction of sp³-hybridized carbons (Fsp3) is 0.375. The first kappa shape index (κ1) is 15.9. The summed E-state index contributed by atoms with van der Waals surface area (Å²) in [5.74, 6) is 0.261. The topological polar surface area (TPSA) is 76.7 Å². The van der Waals surface area contributed by atoms with Crippen LogP contribution in [0.5, 0.6) is 5.75 Å². The lowest BCUT2D eigenvalue weighted by atomic mass is 9.95. The van der Waals surface area contributed by atoms with Gasteiger partial charge in [-0.15, -0.1) is 0 Å². The second-order valence-corrected chi connectivity index (χ2v) is 5.30. The first-order chi connectivity index (χ1) is 10.4. The molecule has 0 saturated heterocycles. The van der Waals surface area contributed by atoms with Crippen molar-refractivity contribution in [1.29, 1.82) is 0 Å². The monoisotopic (exact) mass is 304 g/mol. The highest BCUT2D eigenvalue weighted by Crippen LogP contribution is 2.29. The van der Waals surface area contributed by atoms with Crippen molar-refractivity contribution < 1.29 is 19.1 Å². The maximum atomic E-state index is 12.3. The van der Waals surface area contributed by atoms with Crippen LogP contribution in [0.15, 0.2) is 35.5 Å². The molecule has 118 valence electrons.